The van der Waals surface area contributed by atoms with E-state index in [0.29, 0.717) is 6.54 Å². The molecule has 1 aliphatic rings. The first-order chi connectivity index (χ1) is 11.1. The molecule has 0 spiro atoms. The molecule has 4 heterocycles. The van der Waals surface area contributed by atoms with Crippen LogP contribution in [0, 0.1) is 13.8 Å². The van der Waals surface area contributed by atoms with Crippen LogP contribution in [0.1, 0.15) is 24.2 Å². The van der Waals surface area contributed by atoms with Gasteiger partial charge in [-0.1, -0.05) is 6.07 Å². The van der Waals surface area contributed by atoms with Gasteiger partial charge in [0, 0.05) is 29.7 Å². The lowest BCUT2D eigenvalue weighted by Crippen LogP contribution is -2.39. The van der Waals surface area contributed by atoms with Gasteiger partial charge < -0.3 is 10.0 Å². The average molecular weight is 328 g/mol. The van der Waals surface area contributed by atoms with Gasteiger partial charge in [-0.2, -0.15) is 9.61 Å². The van der Waals surface area contributed by atoms with Crippen LogP contribution in [0.5, 0.6) is 0 Å². The van der Waals surface area contributed by atoms with E-state index in [1.165, 1.54) is 4.88 Å². The van der Waals surface area contributed by atoms with E-state index in [1.807, 2.05) is 18.4 Å². The van der Waals surface area contributed by atoms with E-state index in [9.17, 15) is 5.11 Å². The zero-order chi connectivity index (χ0) is 16.0. The normalized spacial score (nSPS) is 18.7. The number of aromatic nitrogens is 3. The fourth-order valence-corrected chi connectivity index (χ4v) is 4.14. The first-order valence-electron chi connectivity index (χ1n) is 7.97. The molecular weight excluding hydrogens is 308 g/mol. The second kappa shape index (κ2) is 5.62. The second-order valence-corrected chi connectivity index (χ2v) is 7.12. The molecule has 1 N–H and O–H groups in total. The fraction of sp³-hybridized carbons (Fsp3) is 0.412. The lowest BCUT2D eigenvalue weighted by Gasteiger charge is -2.32. The molecule has 1 fully saturated rings. The Morgan fingerprint density at radius 1 is 1.35 bits per heavy atom. The van der Waals surface area contributed by atoms with Gasteiger partial charge in [-0.15, -0.1) is 11.3 Å². The van der Waals surface area contributed by atoms with E-state index in [1.54, 1.807) is 11.3 Å². The van der Waals surface area contributed by atoms with Gasteiger partial charge in [0.15, 0.2) is 5.65 Å². The lowest BCUT2D eigenvalue weighted by molar-refractivity contribution is 0.153. The molecule has 1 atom stereocenters. The molecule has 1 saturated heterocycles. The monoisotopic (exact) mass is 328 g/mol. The summed E-state index contributed by atoms with van der Waals surface area (Å²) in [6.45, 7) is 5.66. The summed E-state index contributed by atoms with van der Waals surface area (Å²) < 4.78 is 1.94. The molecule has 120 valence electrons. The van der Waals surface area contributed by atoms with Crippen LogP contribution in [-0.2, 0) is 0 Å². The summed E-state index contributed by atoms with van der Waals surface area (Å²) in [7, 11) is 0. The van der Waals surface area contributed by atoms with Crippen molar-refractivity contribution in [3.05, 3.63) is 35.0 Å². The van der Waals surface area contributed by atoms with Crippen molar-refractivity contribution in [1.82, 2.24) is 14.6 Å². The Bertz CT molecular complexity index is 840. The Morgan fingerprint density at radius 2 is 2.22 bits per heavy atom. The largest absolute Gasteiger partial charge is 0.391 e. The van der Waals surface area contributed by atoms with Crippen molar-refractivity contribution < 1.29 is 5.11 Å². The SMILES string of the molecule is Cc1cc(N2CCC[C@@H](O)C2)n2nc(C)c(-c3cccs3)c2n1. The maximum Gasteiger partial charge on any atom is 0.166 e. The molecule has 0 aliphatic carbocycles. The Labute approximate surface area is 139 Å². The Hall–Kier alpha value is -1.92. The van der Waals surface area contributed by atoms with Crippen molar-refractivity contribution in [3.8, 4) is 10.4 Å². The average Bonchev–Trinajstić information content (AvgIpc) is 3.13. The van der Waals surface area contributed by atoms with Crippen LogP contribution in [0.25, 0.3) is 16.1 Å². The first kappa shape index (κ1) is 14.7. The molecule has 23 heavy (non-hydrogen) atoms. The molecule has 0 amide bonds. The predicted octanol–water partition coefficient (Wildman–Crippen LogP) is 3.04. The maximum atomic E-state index is 10.0. The number of β-amino-alcohol motifs (C(OH)–C–C–N with tert-alkyl or cyclic N) is 1. The molecule has 5 nitrogen and oxygen atoms in total. The Kier molecular flexibility index (Phi) is 3.58. The number of hydrogen-bond donors (Lipinski definition) is 1. The number of fused-ring (bicyclic) bond motifs is 1. The number of thiophene rings is 1. The van der Waals surface area contributed by atoms with Crippen molar-refractivity contribution in [1.29, 1.82) is 0 Å². The fourth-order valence-electron chi connectivity index (χ4n) is 3.32. The summed E-state index contributed by atoms with van der Waals surface area (Å²) in [4.78, 5) is 8.16. The number of piperidine rings is 1. The van der Waals surface area contributed by atoms with E-state index in [2.05, 4.69) is 28.5 Å². The second-order valence-electron chi connectivity index (χ2n) is 6.17. The van der Waals surface area contributed by atoms with E-state index in [-0.39, 0.29) is 6.10 Å². The van der Waals surface area contributed by atoms with E-state index in [4.69, 9.17) is 10.1 Å². The lowest BCUT2D eigenvalue weighted by atomic mass is 10.1. The van der Waals surface area contributed by atoms with Gasteiger partial charge in [0.05, 0.1) is 17.4 Å². The number of aliphatic hydroxyl groups excluding tert-OH is 1. The van der Waals surface area contributed by atoms with Gasteiger partial charge in [0.2, 0.25) is 0 Å². The van der Waals surface area contributed by atoms with Crippen LogP contribution in [0.4, 0.5) is 5.82 Å². The number of aryl methyl sites for hydroxylation is 2. The van der Waals surface area contributed by atoms with Crippen molar-refractivity contribution >= 4 is 22.8 Å². The highest BCUT2D eigenvalue weighted by atomic mass is 32.1. The smallest absolute Gasteiger partial charge is 0.166 e. The summed E-state index contributed by atoms with van der Waals surface area (Å²) in [5, 5.41) is 16.8. The Balaban J connectivity index is 1.91. The van der Waals surface area contributed by atoms with Crippen molar-refractivity contribution in [2.45, 2.75) is 32.8 Å². The maximum absolute atomic E-state index is 10.0. The highest BCUT2D eigenvalue weighted by Gasteiger charge is 2.23. The number of hydrogen-bond acceptors (Lipinski definition) is 5. The number of aliphatic hydroxyl groups is 1. The van der Waals surface area contributed by atoms with Crippen LogP contribution in [0.2, 0.25) is 0 Å². The van der Waals surface area contributed by atoms with Crippen molar-refractivity contribution in [2.24, 2.45) is 0 Å². The molecule has 4 rings (SSSR count). The molecule has 3 aromatic rings. The molecule has 1 aliphatic heterocycles. The third-order valence-corrected chi connectivity index (χ3v) is 5.25. The molecule has 0 radical (unpaired) electrons. The summed E-state index contributed by atoms with van der Waals surface area (Å²) >= 11 is 1.71. The van der Waals surface area contributed by atoms with Crippen LogP contribution in [0.3, 0.4) is 0 Å². The molecule has 0 saturated carbocycles. The quantitative estimate of drug-likeness (QED) is 0.785. The minimum atomic E-state index is -0.263. The van der Waals surface area contributed by atoms with E-state index < -0.39 is 0 Å². The summed E-state index contributed by atoms with van der Waals surface area (Å²) in [6.07, 6.45) is 1.62. The number of anilines is 1. The van der Waals surface area contributed by atoms with E-state index in [0.717, 1.165) is 47.8 Å². The van der Waals surface area contributed by atoms with Gasteiger partial charge >= 0.3 is 0 Å². The zero-order valence-corrected chi connectivity index (χ0v) is 14.2. The molecule has 0 unspecified atom stereocenters. The predicted molar refractivity (Wildman–Crippen MR) is 93.2 cm³/mol. The number of rotatable bonds is 2. The molecule has 0 bridgehead atoms. The van der Waals surface area contributed by atoms with Crippen LogP contribution < -0.4 is 4.90 Å². The minimum Gasteiger partial charge on any atom is -0.391 e. The molecule has 0 aromatic carbocycles. The first-order valence-corrected chi connectivity index (χ1v) is 8.85. The molecule has 6 heteroatoms. The molecule has 3 aromatic heterocycles. The molecular formula is C17H20N4OS. The zero-order valence-electron chi connectivity index (χ0n) is 13.4. The van der Waals surface area contributed by atoms with Gasteiger partial charge in [-0.25, -0.2) is 4.98 Å². The minimum absolute atomic E-state index is 0.263. The summed E-state index contributed by atoms with van der Waals surface area (Å²) in [5.74, 6) is 1.03. The van der Waals surface area contributed by atoms with Gasteiger partial charge in [-0.05, 0) is 38.1 Å². The third-order valence-electron chi connectivity index (χ3n) is 4.36. The van der Waals surface area contributed by atoms with Gasteiger partial charge in [0.1, 0.15) is 5.82 Å². The third kappa shape index (κ3) is 2.52. The highest BCUT2D eigenvalue weighted by Crippen LogP contribution is 2.33. The van der Waals surface area contributed by atoms with Crippen LogP contribution in [0.15, 0.2) is 23.6 Å². The Morgan fingerprint density at radius 3 is 2.96 bits per heavy atom. The highest BCUT2D eigenvalue weighted by molar-refractivity contribution is 7.13. The van der Waals surface area contributed by atoms with Crippen molar-refractivity contribution in [3.63, 3.8) is 0 Å². The van der Waals surface area contributed by atoms with Gasteiger partial charge in [-0.3, -0.25) is 0 Å². The van der Waals surface area contributed by atoms with Gasteiger partial charge in [0.25, 0.3) is 0 Å². The standard InChI is InChI=1S/C17H20N4OS/c1-11-9-15(20-7-3-5-13(22)10-20)21-17(18-11)16(12(2)19-21)14-6-4-8-23-14/h4,6,8-9,13,22H,3,5,7,10H2,1-2H3/t13-/m1/s1. The summed E-state index contributed by atoms with van der Waals surface area (Å²) in [6, 6.07) is 6.24. The van der Waals surface area contributed by atoms with Crippen LogP contribution >= 0.6 is 11.3 Å². The summed E-state index contributed by atoms with van der Waals surface area (Å²) in [5.41, 5.74) is 3.98. The van der Waals surface area contributed by atoms with Crippen molar-refractivity contribution in [2.75, 3.05) is 18.0 Å². The van der Waals surface area contributed by atoms with Crippen LogP contribution in [-0.4, -0.2) is 38.9 Å². The van der Waals surface area contributed by atoms with E-state index >= 15 is 0 Å². The number of nitrogens with zero attached hydrogens (tertiary/aromatic N) is 4. The topological polar surface area (TPSA) is 53.7 Å².